The average molecular weight is 367 g/mol. The van der Waals surface area contributed by atoms with Gasteiger partial charge < -0.3 is 10.0 Å². The Hall–Kier alpha value is -2.95. The number of rotatable bonds is 5. The number of carbonyl (C=O) groups is 2. The molecule has 1 atom stereocenters. The third-order valence-electron chi connectivity index (χ3n) is 4.84. The van der Waals surface area contributed by atoms with Crippen molar-refractivity contribution in [3.8, 4) is 0 Å². The van der Waals surface area contributed by atoms with Crippen LogP contribution in [0.3, 0.4) is 0 Å². The van der Waals surface area contributed by atoms with Gasteiger partial charge in [-0.3, -0.25) is 9.59 Å². The number of Topliss-reactive ketones (excluding diaryl/α,β-unsaturated/α-hetero) is 1. The lowest BCUT2D eigenvalue weighted by Gasteiger charge is -2.25. The molecule has 1 N–H and O–H groups in total. The summed E-state index contributed by atoms with van der Waals surface area (Å²) >= 11 is 0. The summed E-state index contributed by atoms with van der Waals surface area (Å²) in [5.41, 5.74) is 1.66. The number of hydrogen-bond acceptors (Lipinski definition) is 3. The molecule has 0 aromatic heterocycles. The minimum Gasteiger partial charge on any atom is -0.507 e. The molecule has 0 spiro atoms. The normalized spacial score (nSPS) is 18.9. The van der Waals surface area contributed by atoms with E-state index in [-0.39, 0.29) is 16.9 Å². The standard InChI is InChI=1S/C22H22FNO3/c1-3-13-24-19(16-7-5-6-8-17(16)23)18(21(26)22(24)27)20(25)15-11-9-14(4-2)10-12-15/h5-12,19,25H,3-4,13H2,1-2H3/b20-18-. The van der Waals surface area contributed by atoms with Gasteiger partial charge in [0.15, 0.2) is 0 Å². The molecule has 0 aliphatic carbocycles. The summed E-state index contributed by atoms with van der Waals surface area (Å²) in [5, 5.41) is 10.8. The number of aryl methyl sites for hydroxylation is 1. The highest BCUT2D eigenvalue weighted by atomic mass is 19.1. The second-order valence-electron chi connectivity index (χ2n) is 6.56. The number of nitrogens with zero attached hydrogens (tertiary/aromatic N) is 1. The van der Waals surface area contributed by atoms with E-state index < -0.39 is 23.5 Å². The Balaban J connectivity index is 2.18. The van der Waals surface area contributed by atoms with E-state index >= 15 is 0 Å². The highest BCUT2D eigenvalue weighted by Crippen LogP contribution is 2.40. The predicted octanol–water partition coefficient (Wildman–Crippen LogP) is 4.22. The maximum Gasteiger partial charge on any atom is 0.295 e. The van der Waals surface area contributed by atoms with Crippen LogP contribution in [0.2, 0.25) is 0 Å². The number of aliphatic hydroxyl groups excluding tert-OH is 1. The summed E-state index contributed by atoms with van der Waals surface area (Å²) in [6.45, 7) is 4.19. The fourth-order valence-corrected chi connectivity index (χ4v) is 3.43. The molecular formula is C22H22FNO3. The summed E-state index contributed by atoms with van der Waals surface area (Å²) in [6, 6.07) is 12.2. The van der Waals surface area contributed by atoms with Gasteiger partial charge in [-0.2, -0.15) is 0 Å². The molecule has 1 amide bonds. The van der Waals surface area contributed by atoms with E-state index in [1.807, 2.05) is 26.0 Å². The van der Waals surface area contributed by atoms with Crippen molar-refractivity contribution in [1.29, 1.82) is 0 Å². The third-order valence-corrected chi connectivity index (χ3v) is 4.84. The monoisotopic (exact) mass is 367 g/mol. The Morgan fingerprint density at radius 1 is 1.07 bits per heavy atom. The van der Waals surface area contributed by atoms with E-state index in [4.69, 9.17) is 0 Å². The molecule has 1 unspecified atom stereocenters. The molecule has 140 valence electrons. The molecule has 1 aliphatic rings. The summed E-state index contributed by atoms with van der Waals surface area (Å²) in [5.74, 6) is -2.29. The second kappa shape index (κ2) is 7.74. The van der Waals surface area contributed by atoms with Crippen LogP contribution in [-0.4, -0.2) is 28.2 Å². The Kier molecular flexibility index (Phi) is 5.40. The first-order valence-corrected chi connectivity index (χ1v) is 9.11. The van der Waals surface area contributed by atoms with Crippen LogP contribution in [0.25, 0.3) is 5.76 Å². The molecule has 2 aromatic rings. The van der Waals surface area contributed by atoms with Crippen molar-refractivity contribution < 1.29 is 19.1 Å². The first kappa shape index (κ1) is 18.8. The maximum atomic E-state index is 14.5. The fraction of sp³-hybridized carbons (Fsp3) is 0.273. The molecule has 27 heavy (non-hydrogen) atoms. The molecule has 1 saturated heterocycles. The van der Waals surface area contributed by atoms with E-state index in [0.29, 0.717) is 18.5 Å². The number of ketones is 1. The first-order valence-electron chi connectivity index (χ1n) is 9.11. The van der Waals surface area contributed by atoms with E-state index in [2.05, 4.69) is 0 Å². The van der Waals surface area contributed by atoms with Gasteiger partial charge in [0.2, 0.25) is 0 Å². The van der Waals surface area contributed by atoms with Crippen molar-refractivity contribution in [1.82, 2.24) is 4.90 Å². The maximum absolute atomic E-state index is 14.5. The van der Waals surface area contributed by atoms with Crippen molar-refractivity contribution in [3.05, 3.63) is 76.6 Å². The number of hydrogen-bond donors (Lipinski definition) is 1. The molecular weight excluding hydrogens is 345 g/mol. The second-order valence-corrected chi connectivity index (χ2v) is 6.56. The topological polar surface area (TPSA) is 57.6 Å². The van der Waals surface area contributed by atoms with Gasteiger partial charge in [-0.15, -0.1) is 0 Å². The van der Waals surface area contributed by atoms with Gasteiger partial charge >= 0.3 is 0 Å². The molecule has 1 fully saturated rings. The van der Waals surface area contributed by atoms with Crippen LogP contribution in [0.15, 0.2) is 54.1 Å². The lowest BCUT2D eigenvalue weighted by molar-refractivity contribution is -0.139. The fourth-order valence-electron chi connectivity index (χ4n) is 3.43. The van der Waals surface area contributed by atoms with Crippen LogP contribution in [0.5, 0.6) is 0 Å². The van der Waals surface area contributed by atoms with Crippen LogP contribution < -0.4 is 0 Å². The lowest BCUT2D eigenvalue weighted by Crippen LogP contribution is -2.30. The van der Waals surface area contributed by atoms with Crippen LogP contribution in [-0.2, 0) is 16.0 Å². The predicted molar refractivity (Wildman–Crippen MR) is 102 cm³/mol. The minimum absolute atomic E-state index is 0.0669. The number of halogens is 1. The van der Waals surface area contributed by atoms with E-state index in [1.165, 1.54) is 11.0 Å². The molecule has 3 rings (SSSR count). The number of aliphatic hydroxyl groups is 1. The van der Waals surface area contributed by atoms with Crippen LogP contribution >= 0.6 is 0 Å². The number of likely N-dealkylation sites (tertiary alicyclic amines) is 1. The first-order chi connectivity index (χ1) is 13.0. The Morgan fingerprint density at radius 3 is 2.33 bits per heavy atom. The van der Waals surface area contributed by atoms with Gasteiger partial charge in [0.1, 0.15) is 11.6 Å². The number of amides is 1. The van der Waals surface area contributed by atoms with Crippen molar-refractivity contribution >= 4 is 17.4 Å². The van der Waals surface area contributed by atoms with Gasteiger partial charge in [0, 0.05) is 17.7 Å². The molecule has 2 aromatic carbocycles. The summed E-state index contributed by atoms with van der Waals surface area (Å²) in [6.07, 6.45) is 1.46. The highest BCUT2D eigenvalue weighted by molar-refractivity contribution is 6.46. The van der Waals surface area contributed by atoms with Crippen LogP contribution in [0.4, 0.5) is 4.39 Å². The Bertz CT molecular complexity index is 902. The molecule has 0 bridgehead atoms. The molecule has 4 nitrogen and oxygen atoms in total. The van der Waals surface area contributed by atoms with Crippen LogP contribution in [0.1, 0.15) is 43.0 Å². The van der Waals surface area contributed by atoms with Gasteiger partial charge in [0.25, 0.3) is 11.7 Å². The SMILES string of the molecule is CCCN1C(=O)C(=O)/C(=C(\O)c2ccc(CC)cc2)C1c1ccccc1F. The van der Waals surface area contributed by atoms with Crippen molar-refractivity contribution in [2.45, 2.75) is 32.7 Å². The average Bonchev–Trinajstić information content (AvgIpc) is 2.93. The zero-order valence-electron chi connectivity index (χ0n) is 15.4. The van der Waals surface area contributed by atoms with Crippen LogP contribution in [0, 0.1) is 5.82 Å². The van der Waals surface area contributed by atoms with E-state index in [1.54, 1.807) is 30.3 Å². The molecule has 0 saturated carbocycles. The van der Waals surface area contributed by atoms with Crippen molar-refractivity contribution in [2.24, 2.45) is 0 Å². The summed E-state index contributed by atoms with van der Waals surface area (Å²) in [7, 11) is 0. The van der Waals surface area contributed by atoms with Gasteiger partial charge in [-0.1, -0.05) is 56.3 Å². The molecule has 1 aliphatic heterocycles. The number of carbonyl (C=O) groups excluding carboxylic acids is 2. The number of benzene rings is 2. The largest absolute Gasteiger partial charge is 0.507 e. The molecule has 5 heteroatoms. The third kappa shape index (κ3) is 3.37. The zero-order valence-corrected chi connectivity index (χ0v) is 15.4. The van der Waals surface area contributed by atoms with Gasteiger partial charge in [-0.25, -0.2) is 4.39 Å². The lowest BCUT2D eigenvalue weighted by atomic mass is 9.94. The summed E-state index contributed by atoms with van der Waals surface area (Å²) < 4.78 is 14.5. The van der Waals surface area contributed by atoms with E-state index in [9.17, 15) is 19.1 Å². The Morgan fingerprint density at radius 2 is 1.74 bits per heavy atom. The van der Waals surface area contributed by atoms with Crippen molar-refractivity contribution in [2.75, 3.05) is 6.54 Å². The van der Waals surface area contributed by atoms with Crippen molar-refractivity contribution in [3.63, 3.8) is 0 Å². The quantitative estimate of drug-likeness (QED) is 0.489. The summed E-state index contributed by atoms with van der Waals surface area (Å²) in [4.78, 5) is 26.6. The molecule has 1 heterocycles. The minimum atomic E-state index is -0.933. The smallest absolute Gasteiger partial charge is 0.295 e. The van der Waals surface area contributed by atoms with Gasteiger partial charge in [0.05, 0.1) is 11.6 Å². The molecule has 0 radical (unpaired) electrons. The Labute approximate surface area is 157 Å². The van der Waals surface area contributed by atoms with Gasteiger partial charge in [-0.05, 0) is 24.5 Å². The highest BCUT2D eigenvalue weighted by Gasteiger charge is 2.46. The van der Waals surface area contributed by atoms with E-state index in [0.717, 1.165) is 12.0 Å². The zero-order chi connectivity index (χ0) is 19.6.